The van der Waals surface area contributed by atoms with Gasteiger partial charge in [0.1, 0.15) is 5.75 Å². The van der Waals surface area contributed by atoms with Crippen LogP contribution in [0.3, 0.4) is 0 Å². The van der Waals surface area contributed by atoms with Gasteiger partial charge in [0, 0.05) is 0 Å². The summed E-state index contributed by atoms with van der Waals surface area (Å²) < 4.78 is 5.76. The van der Waals surface area contributed by atoms with E-state index in [0.717, 1.165) is 17.7 Å². The number of ether oxygens (including phenoxy) is 1. The molecule has 1 N–H and O–H groups in total. The molecule has 3 nitrogen and oxygen atoms in total. The molecule has 1 rings (SSSR count). The van der Waals surface area contributed by atoms with Gasteiger partial charge >= 0.3 is 5.97 Å². The first-order chi connectivity index (χ1) is 9.45. The van der Waals surface area contributed by atoms with Gasteiger partial charge in [0.15, 0.2) is 0 Å². The van der Waals surface area contributed by atoms with Gasteiger partial charge in [0.25, 0.3) is 0 Å². The highest BCUT2D eigenvalue weighted by Crippen LogP contribution is 2.32. The normalized spacial score (nSPS) is 11.4. The van der Waals surface area contributed by atoms with Gasteiger partial charge in [-0.25, -0.2) is 0 Å². The second-order valence-electron chi connectivity index (χ2n) is 5.51. The van der Waals surface area contributed by atoms with Gasteiger partial charge < -0.3 is 9.84 Å². The van der Waals surface area contributed by atoms with Crippen LogP contribution in [0.25, 0.3) is 0 Å². The van der Waals surface area contributed by atoms with Crippen LogP contribution in [0.15, 0.2) is 18.2 Å². The zero-order valence-corrected chi connectivity index (χ0v) is 13.0. The Morgan fingerprint density at radius 1 is 1.25 bits per heavy atom. The molecule has 0 aliphatic rings. The summed E-state index contributed by atoms with van der Waals surface area (Å²) in [5.74, 6) is 0.207. The smallest absolute Gasteiger partial charge is 0.309 e. The number of rotatable bonds is 8. The van der Waals surface area contributed by atoms with Crippen LogP contribution < -0.4 is 4.74 Å². The lowest BCUT2D eigenvalue weighted by Crippen LogP contribution is -2.30. The number of carbonyl (C=O) groups is 1. The number of benzene rings is 1. The fraction of sp³-hybridized carbons (Fsp3) is 0.588. The average Bonchev–Trinajstić information content (AvgIpc) is 2.41. The molecule has 0 spiro atoms. The second-order valence-corrected chi connectivity index (χ2v) is 5.51. The number of aryl methyl sites for hydroxylation is 2. The van der Waals surface area contributed by atoms with Crippen molar-refractivity contribution in [3.05, 3.63) is 29.3 Å². The molecule has 0 saturated heterocycles. The summed E-state index contributed by atoms with van der Waals surface area (Å²) in [6, 6.07) is 6.10. The van der Waals surface area contributed by atoms with Crippen molar-refractivity contribution in [3.8, 4) is 5.75 Å². The van der Waals surface area contributed by atoms with E-state index in [4.69, 9.17) is 4.74 Å². The van der Waals surface area contributed by atoms with E-state index in [-0.39, 0.29) is 0 Å². The first kappa shape index (κ1) is 16.5. The Morgan fingerprint density at radius 2 is 1.90 bits per heavy atom. The molecule has 0 saturated carbocycles. The summed E-state index contributed by atoms with van der Waals surface area (Å²) in [4.78, 5) is 11.4. The quantitative estimate of drug-likeness (QED) is 0.719. The first-order valence-electron chi connectivity index (χ1n) is 7.38. The first-order valence-corrected chi connectivity index (χ1v) is 7.38. The average molecular weight is 278 g/mol. The molecule has 0 aliphatic heterocycles. The lowest BCUT2D eigenvalue weighted by Gasteiger charge is -2.26. The minimum Gasteiger partial charge on any atom is -0.493 e. The van der Waals surface area contributed by atoms with E-state index in [1.54, 1.807) is 0 Å². The molecule has 0 amide bonds. The van der Waals surface area contributed by atoms with Crippen LogP contribution in [0, 0.1) is 19.3 Å². The Balaban J connectivity index is 2.50. The van der Waals surface area contributed by atoms with E-state index in [2.05, 4.69) is 13.0 Å². The van der Waals surface area contributed by atoms with E-state index in [9.17, 15) is 9.90 Å². The zero-order chi connectivity index (χ0) is 15.2. The van der Waals surface area contributed by atoms with Gasteiger partial charge in [-0.15, -0.1) is 0 Å². The molecule has 0 aromatic heterocycles. The third-order valence-corrected chi connectivity index (χ3v) is 4.19. The van der Waals surface area contributed by atoms with Gasteiger partial charge in [-0.3, -0.25) is 4.79 Å². The van der Waals surface area contributed by atoms with Gasteiger partial charge in [0.05, 0.1) is 12.0 Å². The fourth-order valence-electron chi connectivity index (χ4n) is 2.57. The molecule has 0 fully saturated rings. The molecule has 0 atom stereocenters. The molecular weight excluding hydrogens is 252 g/mol. The van der Waals surface area contributed by atoms with Crippen molar-refractivity contribution in [3.63, 3.8) is 0 Å². The molecule has 1 aromatic carbocycles. The Labute approximate surface area is 122 Å². The van der Waals surface area contributed by atoms with E-state index in [1.165, 1.54) is 5.56 Å². The lowest BCUT2D eigenvalue weighted by atomic mass is 9.78. The number of carboxylic acids is 1. The largest absolute Gasteiger partial charge is 0.493 e. The van der Waals surface area contributed by atoms with Gasteiger partial charge in [0.2, 0.25) is 0 Å². The molecule has 0 heterocycles. The molecule has 0 bridgehead atoms. The molecular formula is C17H26O3. The molecule has 0 aliphatic carbocycles. The topological polar surface area (TPSA) is 46.5 Å². The monoisotopic (exact) mass is 278 g/mol. The van der Waals surface area contributed by atoms with Crippen molar-refractivity contribution in [2.24, 2.45) is 5.41 Å². The minimum atomic E-state index is -0.686. The summed E-state index contributed by atoms with van der Waals surface area (Å²) in [7, 11) is 0. The van der Waals surface area contributed by atoms with Crippen molar-refractivity contribution in [2.45, 2.75) is 53.4 Å². The molecule has 20 heavy (non-hydrogen) atoms. The summed E-state index contributed by atoms with van der Waals surface area (Å²) in [5, 5.41) is 9.37. The Kier molecular flexibility index (Phi) is 6.05. The van der Waals surface area contributed by atoms with Crippen LogP contribution in [-0.4, -0.2) is 17.7 Å². The van der Waals surface area contributed by atoms with Gasteiger partial charge in [-0.1, -0.05) is 31.5 Å². The van der Waals surface area contributed by atoms with Crippen LogP contribution in [0.5, 0.6) is 5.75 Å². The summed E-state index contributed by atoms with van der Waals surface area (Å²) in [5.41, 5.74) is 1.75. The summed E-state index contributed by atoms with van der Waals surface area (Å²) in [6.07, 6.45) is 2.77. The van der Waals surface area contributed by atoms with Crippen molar-refractivity contribution in [1.29, 1.82) is 0 Å². The maximum Gasteiger partial charge on any atom is 0.309 e. The number of hydrogen-bond donors (Lipinski definition) is 1. The molecule has 1 aromatic rings. The van der Waals surface area contributed by atoms with Crippen molar-refractivity contribution in [1.82, 2.24) is 0 Å². The van der Waals surface area contributed by atoms with E-state index in [1.807, 2.05) is 32.9 Å². The van der Waals surface area contributed by atoms with E-state index >= 15 is 0 Å². The van der Waals surface area contributed by atoms with Crippen LogP contribution in [0.1, 0.15) is 50.7 Å². The number of hydrogen-bond acceptors (Lipinski definition) is 2. The predicted molar refractivity (Wildman–Crippen MR) is 81.3 cm³/mol. The van der Waals surface area contributed by atoms with E-state index < -0.39 is 11.4 Å². The Morgan fingerprint density at radius 3 is 2.40 bits per heavy atom. The third-order valence-electron chi connectivity index (χ3n) is 4.19. The lowest BCUT2D eigenvalue weighted by molar-refractivity contribution is -0.150. The highest BCUT2D eigenvalue weighted by atomic mass is 16.5. The van der Waals surface area contributed by atoms with Crippen molar-refractivity contribution >= 4 is 5.97 Å². The number of aliphatic carboxylic acids is 1. The van der Waals surface area contributed by atoms with Gasteiger partial charge in [-0.2, -0.15) is 0 Å². The van der Waals surface area contributed by atoms with Crippen LogP contribution in [-0.2, 0) is 4.79 Å². The van der Waals surface area contributed by atoms with Crippen LogP contribution >= 0.6 is 0 Å². The number of carboxylic acid groups (broad SMARTS) is 1. The summed E-state index contributed by atoms with van der Waals surface area (Å²) >= 11 is 0. The Hall–Kier alpha value is -1.51. The van der Waals surface area contributed by atoms with Crippen LogP contribution in [0.2, 0.25) is 0 Å². The fourth-order valence-corrected chi connectivity index (χ4v) is 2.57. The van der Waals surface area contributed by atoms with Crippen molar-refractivity contribution in [2.75, 3.05) is 6.61 Å². The molecule has 112 valence electrons. The predicted octanol–water partition coefficient (Wildman–Crippen LogP) is 4.35. The maximum atomic E-state index is 11.4. The standard InChI is InChI=1S/C17H26O3/c1-5-17(6-2,16(18)19)10-7-11-20-15-9-8-13(3)12-14(15)4/h8-9,12H,5-7,10-11H2,1-4H3,(H,18,19). The maximum absolute atomic E-state index is 11.4. The molecule has 0 radical (unpaired) electrons. The molecule has 3 heteroatoms. The summed E-state index contributed by atoms with van der Waals surface area (Å²) in [6.45, 7) is 8.55. The highest BCUT2D eigenvalue weighted by molar-refractivity contribution is 5.74. The van der Waals surface area contributed by atoms with E-state index in [0.29, 0.717) is 25.9 Å². The third kappa shape index (κ3) is 3.99. The molecule has 0 unspecified atom stereocenters. The highest BCUT2D eigenvalue weighted by Gasteiger charge is 2.33. The SMILES string of the molecule is CCC(CC)(CCCOc1ccc(C)cc1C)C(=O)O. The minimum absolute atomic E-state index is 0.568. The Bertz CT molecular complexity index is 448. The zero-order valence-electron chi connectivity index (χ0n) is 13.0. The van der Waals surface area contributed by atoms with Crippen molar-refractivity contribution < 1.29 is 14.6 Å². The van der Waals surface area contributed by atoms with Gasteiger partial charge in [-0.05, 0) is 51.2 Å². The van der Waals surface area contributed by atoms with Crippen LogP contribution in [0.4, 0.5) is 0 Å². The second kappa shape index (κ2) is 7.32.